The summed E-state index contributed by atoms with van der Waals surface area (Å²) >= 11 is 0. The second-order valence-electron chi connectivity index (χ2n) is 5.18. The van der Waals surface area contributed by atoms with E-state index in [1.165, 1.54) is 7.11 Å². The van der Waals surface area contributed by atoms with Crippen LogP contribution < -0.4 is 5.32 Å². The van der Waals surface area contributed by atoms with Crippen molar-refractivity contribution >= 4 is 22.9 Å². The van der Waals surface area contributed by atoms with Crippen molar-refractivity contribution in [2.45, 2.75) is 31.8 Å². The van der Waals surface area contributed by atoms with Gasteiger partial charge in [-0.15, -0.1) is 0 Å². The van der Waals surface area contributed by atoms with Gasteiger partial charge in [-0.05, 0) is 13.0 Å². The third-order valence-corrected chi connectivity index (χ3v) is 3.25. The number of carboxylic acids is 1. The third-order valence-electron chi connectivity index (χ3n) is 3.25. The number of fused-ring (bicyclic) bond motifs is 1. The van der Waals surface area contributed by atoms with E-state index >= 15 is 0 Å². The van der Waals surface area contributed by atoms with Crippen molar-refractivity contribution in [3.63, 3.8) is 0 Å². The van der Waals surface area contributed by atoms with Crippen LogP contribution in [-0.4, -0.2) is 47.6 Å². The number of alkyl halides is 3. The number of methoxy groups -OCH3 is 1. The fraction of sp³-hybridized carbons (Fsp3) is 0.375. The van der Waals surface area contributed by atoms with Crippen molar-refractivity contribution in [2.75, 3.05) is 7.11 Å². The highest BCUT2D eigenvalue weighted by molar-refractivity contribution is 5.81. The van der Waals surface area contributed by atoms with Gasteiger partial charge in [0.2, 0.25) is 0 Å². The highest BCUT2D eigenvalue weighted by Crippen LogP contribution is 2.20. The SMILES string of the molecule is COC(=O)C(NCc1coc2ccccc12)C(C)O.O=C(O)C(F)(F)F. The molecule has 0 fully saturated rings. The second-order valence-corrected chi connectivity index (χ2v) is 5.18. The van der Waals surface area contributed by atoms with E-state index in [-0.39, 0.29) is 0 Å². The van der Waals surface area contributed by atoms with Crippen molar-refractivity contribution in [3.8, 4) is 0 Å². The van der Waals surface area contributed by atoms with E-state index in [1.54, 1.807) is 13.2 Å². The molecule has 26 heavy (non-hydrogen) atoms. The molecule has 1 heterocycles. The first-order chi connectivity index (χ1) is 12.1. The summed E-state index contributed by atoms with van der Waals surface area (Å²) in [5, 5.41) is 20.7. The Morgan fingerprint density at radius 1 is 1.31 bits per heavy atom. The summed E-state index contributed by atoms with van der Waals surface area (Å²) in [6.45, 7) is 1.96. The summed E-state index contributed by atoms with van der Waals surface area (Å²) in [5.41, 5.74) is 1.73. The van der Waals surface area contributed by atoms with Crippen LogP contribution >= 0.6 is 0 Å². The van der Waals surface area contributed by atoms with Crippen molar-refractivity contribution in [2.24, 2.45) is 0 Å². The number of halogens is 3. The van der Waals surface area contributed by atoms with Crippen LogP contribution in [0.15, 0.2) is 34.9 Å². The minimum atomic E-state index is -5.08. The van der Waals surface area contributed by atoms with Crippen LogP contribution in [0.1, 0.15) is 12.5 Å². The third kappa shape index (κ3) is 6.05. The quantitative estimate of drug-likeness (QED) is 0.685. The van der Waals surface area contributed by atoms with Gasteiger partial charge in [0.05, 0.1) is 19.5 Å². The molecule has 0 bridgehead atoms. The Balaban J connectivity index is 0.000000412. The number of ether oxygens (including phenoxy) is 1. The number of esters is 1. The van der Waals surface area contributed by atoms with Gasteiger partial charge in [-0.2, -0.15) is 13.2 Å². The first kappa shape index (κ1) is 21.5. The fourth-order valence-electron chi connectivity index (χ4n) is 1.97. The Morgan fingerprint density at radius 2 is 1.88 bits per heavy atom. The van der Waals surface area contributed by atoms with Gasteiger partial charge >= 0.3 is 18.1 Å². The van der Waals surface area contributed by atoms with Crippen LogP contribution in [0.25, 0.3) is 11.0 Å². The monoisotopic (exact) mass is 377 g/mol. The number of carboxylic acid groups (broad SMARTS) is 1. The number of rotatable bonds is 5. The molecule has 144 valence electrons. The molecule has 0 aliphatic heterocycles. The lowest BCUT2D eigenvalue weighted by atomic mass is 10.1. The molecule has 3 N–H and O–H groups in total. The normalized spacial score (nSPS) is 13.5. The lowest BCUT2D eigenvalue weighted by Gasteiger charge is -2.18. The number of hydrogen-bond donors (Lipinski definition) is 3. The molecule has 0 aliphatic carbocycles. The predicted octanol–water partition coefficient (Wildman–Crippen LogP) is 2.08. The number of para-hydroxylation sites is 1. The zero-order valence-electron chi connectivity index (χ0n) is 13.9. The largest absolute Gasteiger partial charge is 0.490 e. The molecule has 2 unspecified atom stereocenters. The summed E-state index contributed by atoms with van der Waals surface area (Å²) in [4.78, 5) is 20.4. The van der Waals surface area contributed by atoms with Crippen molar-refractivity contribution < 1.29 is 42.1 Å². The number of aliphatic hydroxyl groups is 1. The van der Waals surface area contributed by atoms with Crippen LogP contribution in [0.3, 0.4) is 0 Å². The molecule has 7 nitrogen and oxygen atoms in total. The number of carbonyl (C=O) groups is 2. The molecule has 10 heteroatoms. The minimum Gasteiger partial charge on any atom is -0.475 e. The Hall–Kier alpha value is -2.59. The number of hydrogen-bond acceptors (Lipinski definition) is 6. The lowest BCUT2D eigenvalue weighted by molar-refractivity contribution is -0.192. The van der Waals surface area contributed by atoms with E-state index in [4.69, 9.17) is 14.3 Å². The van der Waals surface area contributed by atoms with Gasteiger partial charge in [-0.3, -0.25) is 10.1 Å². The maximum atomic E-state index is 11.5. The average Bonchev–Trinajstić information content (AvgIpc) is 2.97. The highest BCUT2D eigenvalue weighted by atomic mass is 19.4. The molecule has 2 atom stereocenters. The Bertz CT molecular complexity index is 741. The predicted molar refractivity (Wildman–Crippen MR) is 84.2 cm³/mol. The molecule has 0 radical (unpaired) electrons. The maximum Gasteiger partial charge on any atom is 0.490 e. The van der Waals surface area contributed by atoms with Crippen LogP contribution in [0.2, 0.25) is 0 Å². The summed E-state index contributed by atoms with van der Waals surface area (Å²) in [6, 6.07) is 6.90. The maximum absolute atomic E-state index is 11.5. The number of furan rings is 1. The first-order valence-electron chi connectivity index (χ1n) is 7.32. The molecule has 0 saturated heterocycles. The van der Waals surface area contributed by atoms with Crippen LogP contribution in [0.5, 0.6) is 0 Å². The highest BCUT2D eigenvalue weighted by Gasteiger charge is 2.38. The molecule has 2 rings (SSSR count). The molecule has 0 amide bonds. The summed E-state index contributed by atoms with van der Waals surface area (Å²) in [6.07, 6.45) is -4.26. The van der Waals surface area contributed by atoms with Gasteiger partial charge in [-0.25, -0.2) is 4.79 Å². The second kappa shape index (κ2) is 9.20. The molecule has 1 aromatic heterocycles. The topological polar surface area (TPSA) is 109 Å². The van der Waals surface area contributed by atoms with Crippen molar-refractivity contribution in [1.29, 1.82) is 0 Å². The van der Waals surface area contributed by atoms with Gasteiger partial charge in [-0.1, -0.05) is 18.2 Å². The molecule has 0 spiro atoms. The smallest absolute Gasteiger partial charge is 0.475 e. The molecule has 0 aliphatic rings. The van der Waals surface area contributed by atoms with Gasteiger partial charge < -0.3 is 19.4 Å². The first-order valence-corrected chi connectivity index (χ1v) is 7.32. The van der Waals surface area contributed by atoms with E-state index in [0.29, 0.717) is 6.54 Å². The summed E-state index contributed by atoms with van der Waals surface area (Å²) in [5.74, 6) is -3.24. The number of benzene rings is 1. The van der Waals surface area contributed by atoms with E-state index in [0.717, 1.165) is 16.5 Å². The standard InChI is InChI=1S/C14H17NO4.C2HF3O2/c1-9(16)13(14(17)18-2)15-7-10-8-19-12-6-4-3-5-11(10)12;3-2(4,5)1(6)7/h3-6,8-9,13,15-16H,7H2,1-2H3;(H,6,7). The Kier molecular flexibility index (Phi) is 7.59. The van der Waals surface area contributed by atoms with Crippen LogP contribution in [0, 0.1) is 0 Å². The summed E-state index contributed by atoms with van der Waals surface area (Å²) < 4.78 is 41.8. The number of aliphatic carboxylic acids is 1. The molecule has 2 aromatic rings. The molecular weight excluding hydrogens is 359 g/mol. The number of aliphatic hydroxyl groups excluding tert-OH is 1. The van der Waals surface area contributed by atoms with Gasteiger partial charge in [0.1, 0.15) is 11.6 Å². The average molecular weight is 377 g/mol. The van der Waals surface area contributed by atoms with Crippen molar-refractivity contribution in [1.82, 2.24) is 5.32 Å². The zero-order valence-corrected chi connectivity index (χ0v) is 13.9. The molecular formula is C16H18F3NO6. The number of nitrogens with one attached hydrogen (secondary N) is 1. The van der Waals surface area contributed by atoms with Gasteiger partial charge in [0.15, 0.2) is 0 Å². The molecule has 0 saturated carbocycles. The zero-order chi connectivity index (χ0) is 19.9. The Labute approximate surface area is 146 Å². The van der Waals surface area contributed by atoms with E-state index in [1.807, 2.05) is 24.3 Å². The van der Waals surface area contributed by atoms with E-state index < -0.39 is 30.3 Å². The molecule has 1 aromatic carbocycles. The van der Waals surface area contributed by atoms with Crippen LogP contribution in [-0.2, 0) is 20.9 Å². The van der Waals surface area contributed by atoms with E-state index in [2.05, 4.69) is 10.1 Å². The number of carbonyl (C=O) groups excluding carboxylic acids is 1. The van der Waals surface area contributed by atoms with Gasteiger partial charge in [0.25, 0.3) is 0 Å². The van der Waals surface area contributed by atoms with E-state index in [9.17, 15) is 23.1 Å². The minimum absolute atomic E-state index is 0.418. The fourth-order valence-corrected chi connectivity index (χ4v) is 1.97. The summed E-state index contributed by atoms with van der Waals surface area (Å²) in [7, 11) is 1.30. The van der Waals surface area contributed by atoms with Crippen molar-refractivity contribution in [3.05, 3.63) is 36.1 Å². The lowest BCUT2D eigenvalue weighted by Crippen LogP contribution is -2.45. The van der Waals surface area contributed by atoms with Gasteiger partial charge in [0, 0.05) is 17.5 Å². The van der Waals surface area contributed by atoms with Crippen LogP contribution in [0.4, 0.5) is 13.2 Å². The Morgan fingerprint density at radius 3 is 2.38 bits per heavy atom.